The maximum absolute atomic E-state index is 14.7. The number of aryl methyl sites for hydroxylation is 3. The van der Waals surface area contributed by atoms with Gasteiger partial charge in [0.05, 0.1) is 18.9 Å². The molecule has 9 nitrogen and oxygen atoms in total. The summed E-state index contributed by atoms with van der Waals surface area (Å²) in [6.45, 7) is 12.6. The third-order valence-corrected chi connectivity index (χ3v) is 7.39. The van der Waals surface area contributed by atoms with Gasteiger partial charge in [-0.1, -0.05) is 12.1 Å². The molecule has 224 valence electrons. The van der Waals surface area contributed by atoms with Crippen molar-refractivity contribution in [2.75, 3.05) is 45.2 Å². The number of benzene rings is 2. The molecule has 1 aromatic heterocycles. The summed E-state index contributed by atoms with van der Waals surface area (Å²) in [5.41, 5.74) is 3.11. The first-order chi connectivity index (χ1) is 20.1. The molecule has 3 aromatic rings. The Kier molecular flexibility index (Phi) is 10.1. The predicted molar refractivity (Wildman–Crippen MR) is 161 cm³/mol. The molecule has 42 heavy (non-hydrogen) atoms. The molecule has 0 radical (unpaired) electrons. The topological polar surface area (TPSA) is 105 Å². The fourth-order valence-corrected chi connectivity index (χ4v) is 5.01. The molecule has 2 atom stereocenters. The van der Waals surface area contributed by atoms with Crippen LogP contribution in [0.3, 0.4) is 0 Å². The summed E-state index contributed by atoms with van der Waals surface area (Å²) in [6, 6.07) is 10.4. The molecule has 0 saturated carbocycles. The van der Waals surface area contributed by atoms with Gasteiger partial charge in [-0.2, -0.15) is 0 Å². The minimum Gasteiger partial charge on any atom is -0.495 e. The number of piperazine rings is 1. The molecule has 10 heteroatoms. The molecule has 1 aliphatic heterocycles. The van der Waals surface area contributed by atoms with E-state index in [-0.39, 0.29) is 17.3 Å². The SMILES string of the molecule is CCNC(=O)c1cc(C(=O)Nc2ncc(OC)cc2C)c(C)cc1O[C@H](CN1CCN[C@H](C)C1)c1ccc(C)c(F)c1. The van der Waals surface area contributed by atoms with Crippen LogP contribution >= 0.6 is 0 Å². The van der Waals surface area contributed by atoms with Crippen LogP contribution in [0.25, 0.3) is 0 Å². The lowest BCUT2D eigenvalue weighted by Crippen LogP contribution is -2.50. The van der Waals surface area contributed by atoms with Gasteiger partial charge in [0, 0.05) is 44.3 Å². The van der Waals surface area contributed by atoms with E-state index in [9.17, 15) is 14.0 Å². The van der Waals surface area contributed by atoms with Crippen LogP contribution in [0.2, 0.25) is 0 Å². The standard InChI is InChI=1S/C32H40FN5O4/c1-7-34-31(39)26-15-25(32(40)37-30-21(4)12-24(41-6)16-36-30)20(3)13-28(26)42-29(18-38-11-10-35-22(5)17-38)23-9-8-19(2)27(33)14-23/h8-9,12-16,22,29,35H,7,10-11,17-18H2,1-6H3,(H,34,39)(H,36,37,40)/t22-,29-/m1/s1. The highest BCUT2D eigenvalue weighted by molar-refractivity contribution is 6.07. The van der Waals surface area contributed by atoms with Crippen LogP contribution in [0.1, 0.15) is 62.9 Å². The summed E-state index contributed by atoms with van der Waals surface area (Å²) in [4.78, 5) is 33.2. The number of nitrogens with one attached hydrogen (secondary N) is 3. The molecule has 2 heterocycles. The molecule has 0 bridgehead atoms. The molecule has 1 fully saturated rings. The zero-order chi connectivity index (χ0) is 30.4. The van der Waals surface area contributed by atoms with Crippen molar-refractivity contribution >= 4 is 17.6 Å². The van der Waals surface area contributed by atoms with Gasteiger partial charge in [0.25, 0.3) is 11.8 Å². The Labute approximate surface area is 246 Å². The first-order valence-electron chi connectivity index (χ1n) is 14.2. The predicted octanol–water partition coefficient (Wildman–Crippen LogP) is 4.57. The summed E-state index contributed by atoms with van der Waals surface area (Å²) in [5, 5.41) is 9.10. The van der Waals surface area contributed by atoms with E-state index in [0.29, 0.717) is 58.7 Å². The van der Waals surface area contributed by atoms with Gasteiger partial charge >= 0.3 is 0 Å². The second-order valence-electron chi connectivity index (χ2n) is 10.7. The largest absolute Gasteiger partial charge is 0.495 e. The van der Waals surface area contributed by atoms with Gasteiger partial charge in [-0.3, -0.25) is 14.5 Å². The number of pyridine rings is 1. The molecule has 0 spiro atoms. The number of nitrogens with zero attached hydrogens (tertiary/aromatic N) is 2. The van der Waals surface area contributed by atoms with Gasteiger partial charge in [0.1, 0.15) is 29.2 Å². The number of methoxy groups -OCH3 is 1. The summed E-state index contributed by atoms with van der Waals surface area (Å²) in [7, 11) is 1.55. The number of amides is 2. The van der Waals surface area contributed by atoms with Crippen LogP contribution in [-0.2, 0) is 0 Å². The lowest BCUT2D eigenvalue weighted by molar-refractivity contribution is 0.0931. The van der Waals surface area contributed by atoms with E-state index in [1.807, 2.05) is 19.9 Å². The van der Waals surface area contributed by atoms with Gasteiger partial charge in [-0.15, -0.1) is 0 Å². The lowest BCUT2D eigenvalue weighted by Gasteiger charge is -2.34. The summed E-state index contributed by atoms with van der Waals surface area (Å²) in [6.07, 6.45) is 0.975. The van der Waals surface area contributed by atoms with Crippen molar-refractivity contribution in [1.82, 2.24) is 20.5 Å². The number of aromatic nitrogens is 1. The maximum Gasteiger partial charge on any atom is 0.257 e. The van der Waals surface area contributed by atoms with Crippen molar-refractivity contribution in [3.8, 4) is 11.5 Å². The maximum atomic E-state index is 14.7. The molecule has 3 N–H and O–H groups in total. The Morgan fingerprint density at radius 3 is 2.55 bits per heavy atom. The van der Waals surface area contributed by atoms with E-state index < -0.39 is 12.0 Å². The van der Waals surface area contributed by atoms with Gasteiger partial charge in [0.2, 0.25) is 0 Å². The number of rotatable bonds is 10. The number of anilines is 1. The van der Waals surface area contributed by atoms with E-state index in [1.54, 1.807) is 45.2 Å². The van der Waals surface area contributed by atoms with Crippen molar-refractivity contribution in [1.29, 1.82) is 0 Å². The molecule has 1 aliphatic rings. The van der Waals surface area contributed by atoms with Gasteiger partial charge in [-0.05, 0) is 81.1 Å². The number of ether oxygens (including phenoxy) is 2. The molecular weight excluding hydrogens is 537 g/mol. The van der Waals surface area contributed by atoms with Crippen molar-refractivity contribution in [3.05, 3.63) is 81.8 Å². The molecule has 2 aromatic carbocycles. The zero-order valence-electron chi connectivity index (χ0n) is 25.1. The van der Waals surface area contributed by atoms with Gasteiger partial charge < -0.3 is 25.4 Å². The first-order valence-corrected chi connectivity index (χ1v) is 14.2. The van der Waals surface area contributed by atoms with Crippen LogP contribution in [0.4, 0.5) is 10.2 Å². The third kappa shape index (κ3) is 7.43. The Morgan fingerprint density at radius 1 is 1.10 bits per heavy atom. The van der Waals surface area contributed by atoms with Crippen molar-refractivity contribution in [2.24, 2.45) is 0 Å². The van der Waals surface area contributed by atoms with Crippen LogP contribution in [0.5, 0.6) is 11.5 Å². The molecule has 0 unspecified atom stereocenters. The number of halogens is 1. The van der Waals surface area contributed by atoms with E-state index in [2.05, 4.69) is 32.8 Å². The second kappa shape index (κ2) is 13.8. The van der Waals surface area contributed by atoms with E-state index in [4.69, 9.17) is 9.47 Å². The minimum atomic E-state index is -0.552. The second-order valence-corrected chi connectivity index (χ2v) is 10.7. The van der Waals surface area contributed by atoms with Gasteiger partial charge in [-0.25, -0.2) is 9.37 Å². The number of hydrogen-bond acceptors (Lipinski definition) is 7. The monoisotopic (exact) mass is 577 g/mol. The van der Waals surface area contributed by atoms with Crippen molar-refractivity contribution < 1.29 is 23.5 Å². The average Bonchev–Trinajstić information content (AvgIpc) is 2.95. The fourth-order valence-electron chi connectivity index (χ4n) is 5.01. The smallest absolute Gasteiger partial charge is 0.257 e. The molecule has 2 amide bonds. The highest BCUT2D eigenvalue weighted by atomic mass is 19.1. The van der Waals surface area contributed by atoms with Crippen molar-refractivity contribution in [2.45, 2.75) is 46.8 Å². The Hall–Kier alpha value is -4.02. The van der Waals surface area contributed by atoms with E-state index in [0.717, 1.165) is 25.2 Å². The third-order valence-electron chi connectivity index (χ3n) is 7.39. The summed E-state index contributed by atoms with van der Waals surface area (Å²) >= 11 is 0. The number of carbonyl (C=O) groups excluding carboxylic acids is 2. The molecule has 1 saturated heterocycles. The Bertz CT molecular complexity index is 1450. The average molecular weight is 578 g/mol. The summed E-state index contributed by atoms with van der Waals surface area (Å²) < 4.78 is 26.5. The Morgan fingerprint density at radius 2 is 1.88 bits per heavy atom. The van der Waals surface area contributed by atoms with Crippen LogP contribution < -0.4 is 25.4 Å². The summed E-state index contributed by atoms with van der Waals surface area (Å²) in [5.74, 6) is 0.210. The highest BCUT2D eigenvalue weighted by Gasteiger charge is 2.26. The van der Waals surface area contributed by atoms with Crippen LogP contribution in [-0.4, -0.2) is 67.6 Å². The molecule has 0 aliphatic carbocycles. The minimum absolute atomic E-state index is 0.221. The van der Waals surface area contributed by atoms with Gasteiger partial charge in [0.15, 0.2) is 0 Å². The quantitative estimate of drug-likeness (QED) is 0.324. The Balaban J connectivity index is 1.69. The van der Waals surface area contributed by atoms with E-state index in [1.165, 1.54) is 12.3 Å². The van der Waals surface area contributed by atoms with Crippen molar-refractivity contribution in [3.63, 3.8) is 0 Å². The fraction of sp³-hybridized carbons (Fsp3) is 0.406. The lowest BCUT2D eigenvalue weighted by atomic mass is 10.0. The number of hydrogen-bond donors (Lipinski definition) is 3. The highest BCUT2D eigenvalue weighted by Crippen LogP contribution is 2.31. The van der Waals surface area contributed by atoms with Crippen LogP contribution in [0.15, 0.2) is 42.6 Å². The number of carbonyl (C=O) groups is 2. The first kappa shape index (κ1) is 30.9. The van der Waals surface area contributed by atoms with E-state index >= 15 is 0 Å². The normalized spacial score (nSPS) is 16.0. The molecule has 4 rings (SSSR count). The van der Waals surface area contributed by atoms with Crippen LogP contribution in [0, 0.1) is 26.6 Å². The molecular formula is C32H40FN5O4. The zero-order valence-corrected chi connectivity index (χ0v) is 25.1.